The molecule has 3 aliphatic rings. The molecule has 0 aromatic rings. The van der Waals surface area contributed by atoms with Crippen molar-refractivity contribution in [1.82, 2.24) is 0 Å². The Balaban J connectivity index is 1.76. The Morgan fingerprint density at radius 3 is 2.53 bits per heavy atom. The number of hydrogen-bond acceptors (Lipinski definition) is 7. The van der Waals surface area contributed by atoms with E-state index in [-0.39, 0.29) is 29.5 Å². The number of carbonyl (C=O) groups is 3. The number of allylic oxidation sites excluding steroid dienone is 2. The van der Waals surface area contributed by atoms with Crippen molar-refractivity contribution in [1.29, 1.82) is 0 Å². The predicted molar refractivity (Wildman–Crippen MR) is 122 cm³/mol. The number of alkyl halides is 1. The van der Waals surface area contributed by atoms with Crippen molar-refractivity contribution >= 4 is 17.9 Å². The van der Waals surface area contributed by atoms with Crippen LogP contribution in [0.4, 0.5) is 4.39 Å². The molecule has 3 fully saturated rings. The molecule has 6 unspecified atom stereocenters. The summed E-state index contributed by atoms with van der Waals surface area (Å²) >= 11 is 0. The quantitative estimate of drug-likeness (QED) is 0.206. The predicted octanol–water partition coefficient (Wildman–Crippen LogP) is 4.59. The number of rotatable bonds is 9. The van der Waals surface area contributed by atoms with Gasteiger partial charge in [-0.1, -0.05) is 25.8 Å². The molecular weight excluding hydrogens is 443 g/mol. The Bertz CT molecular complexity index is 814. The molecule has 0 N–H and O–H groups in total. The zero-order valence-electron chi connectivity index (χ0n) is 20.6. The van der Waals surface area contributed by atoms with E-state index in [9.17, 15) is 14.4 Å². The summed E-state index contributed by atoms with van der Waals surface area (Å²) in [4.78, 5) is 34.8. The second-order valence-electron chi connectivity index (χ2n) is 9.95. The molecule has 0 bridgehead atoms. The fourth-order valence-corrected chi connectivity index (χ4v) is 5.61. The van der Waals surface area contributed by atoms with Crippen LogP contribution in [0.25, 0.3) is 0 Å². The molecule has 7 nitrogen and oxygen atoms in total. The van der Waals surface area contributed by atoms with Crippen LogP contribution in [0.3, 0.4) is 0 Å². The Labute approximate surface area is 201 Å². The first-order valence-electron chi connectivity index (χ1n) is 12.2. The van der Waals surface area contributed by atoms with E-state index in [1.165, 1.54) is 21.0 Å². The highest BCUT2D eigenvalue weighted by Gasteiger charge is 2.55. The molecule has 0 spiro atoms. The lowest BCUT2D eigenvalue weighted by molar-refractivity contribution is -0.149. The fourth-order valence-electron chi connectivity index (χ4n) is 5.61. The molecule has 34 heavy (non-hydrogen) atoms. The minimum Gasteiger partial charge on any atom is -0.491 e. The zero-order chi connectivity index (χ0) is 24.9. The van der Waals surface area contributed by atoms with E-state index in [1.54, 1.807) is 6.08 Å². The number of fused-ring (bicyclic) bond motifs is 1. The normalized spacial score (nSPS) is 31.8. The molecule has 0 aromatic heterocycles. The summed E-state index contributed by atoms with van der Waals surface area (Å²) in [6.07, 6.45) is 8.54. The number of ether oxygens (including phenoxy) is 4. The second kappa shape index (κ2) is 11.4. The van der Waals surface area contributed by atoms with Gasteiger partial charge in [0.05, 0.1) is 7.11 Å². The first kappa shape index (κ1) is 26.2. The van der Waals surface area contributed by atoms with Crippen molar-refractivity contribution in [3.8, 4) is 0 Å². The van der Waals surface area contributed by atoms with Crippen molar-refractivity contribution < 1.29 is 37.7 Å². The van der Waals surface area contributed by atoms with Crippen molar-refractivity contribution in [2.45, 2.75) is 96.6 Å². The van der Waals surface area contributed by atoms with Gasteiger partial charge in [-0.2, -0.15) is 0 Å². The molecule has 2 saturated carbocycles. The van der Waals surface area contributed by atoms with Crippen LogP contribution in [0.1, 0.15) is 72.1 Å². The maximum Gasteiger partial charge on any atom is 0.305 e. The molecule has 0 amide bonds. The van der Waals surface area contributed by atoms with Gasteiger partial charge in [-0.05, 0) is 37.8 Å². The summed E-state index contributed by atoms with van der Waals surface area (Å²) in [5.74, 6) is -1.69. The van der Waals surface area contributed by atoms with E-state index in [0.717, 1.165) is 25.7 Å². The lowest BCUT2D eigenvalue weighted by Crippen LogP contribution is -2.33. The highest BCUT2D eigenvalue weighted by Crippen LogP contribution is 2.49. The SMILES string of the molecule is COC(=O)CCCC=C1OC2CC(OC(C)=O)C(C=CC(OC(C)=O)C3(C)CCCC3)C2C1F. The van der Waals surface area contributed by atoms with Crippen LogP contribution >= 0.6 is 0 Å². The molecule has 2 aliphatic carbocycles. The van der Waals surface area contributed by atoms with Gasteiger partial charge >= 0.3 is 17.9 Å². The van der Waals surface area contributed by atoms with E-state index < -0.39 is 42.3 Å². The van der Waals surface area contributed by atoms with Gasteiger partial charge in [-0.25, -0.2) is 4.39 Å². The van der Waals surface area contributed by atoms with Gasteiger partial charge in [0.2, 0.25) is 0 Å². The van der Waals surface area contributed by atoms with Gasteiger partial charge < -0.3 is 18.9 Å². The van der Waals surface area contributed by atoms with E-state index in [1.807, 2.05) is 12.2 Å². The molecule has 6 atom stereocenters. The van der Waals surface area contributed by atoms with Crippen molar-refractivity contribution in [2.75, 3.05) is 7.11 Å². The van der Waals surface area contributed by atoms with Gasteiger partial charge in [-0.3, -0.25) is 14.4 Å². The molecule has 0 radical (unpaired) electrons. The Morgan fingerprint density at radius 1 is 1.21 bits per heavy atom. The van der Waals surface area contributed by atoms with Gasteiger partial charge in [0.15, 0.2) is 6.17 Å². The number of hydrogen-bond donors (Lipinski definition) is 0. The third kappa shape index (κ3) is 6.19. The summed E-state index contributed by atoms with van der Waals surface area (Å²) in [5.41, 5.74) is -0.164. The first-order valence-corrected chi connectivity index (χ1v) is 12.2. The van der Waals surface area contributed by atoms with Crippen LogP contribution in [-0.4, -0.2) is 49.5 Å². The van der Waals surface area contributed by atoms with Gasteiger partial charge in [0, 0.05) is 43.9 Å². The van der Waals surface area contributed by atoms with Gasteiger partial charge in [-0.15, -0.1) is 0 Å². The van der Waals surface area contributed by atoms with Crippen LogP contribution in [0.2, 0.25) is 0 Å². The maximum atomic E-state index is 15.5. The molecule has 8 heteroatoms. The average Bonchev–Trinajstić information content (AvgIpc) is 3.44. The van der Waals surface area contributed by atoms with E-state index in [0.29, 0.717) is 19.3 Å². The average molecular weight is 481 g/mol. The lowest BCUT2D eigenvalue weighted by atomic mass is 9.81. The summed E-state index contributed by atoms with van der Waals surface area (Å²) in [6.45, 7) is 4.85. The fraction of sp³-hybridized carbons (Fsp3) is 0.731. The Morgan fingerprint density at radius 2 is 1.91 bits per heavy atom. The monoisotopic (exact) mass is 480 g/mol. The standard InChI is InChI=1S/C26H37FO7/c1-16(28)32-20-15-21-24(25(27)19(34-21)9-5-6-10-23(30)31-4)18(20)11-12-22(33-17(2)29)26(3)13-7-8-14-26/h9,11-12,18,20-22,24-25H,5-8,10,13-15H2,1-4H3. The number of carbonyl (C=O) groups excluding carboxylic acids is 3. The maximum absolute atomic E-state index is 15.5. The van der Waals surface area contributed by atoms with Crippen molar-refractivity contribution in [3.63, 3.8) is 0 Å². The van der Waals surface area contributed by atoms with E-state index in [4.69, 9.17) is 14.2 Å². The molecule has 1 heterocycles. The highest BCUT2D eigenvalue weighted by molar-refractivity contribution is 5.69. The smallest absolute Gasteiger partial charge is 0.305 e. The third-order valence-corrected chi connectivity index (χ3v) is 7.37. The van der Waals surface area contributed by atoms with Crippen LogP contribution in [0.5, 0.6) is 0 Å². The third-order valence-electron chi connectivity index (χ3n) is 7.37. The largest absolute Gasteiger partial charge is 0.491 e. The highest BCUT2D eigenvalue weighted by atomic mass is 19.1. The number of methoxy groups -OCH3 is 1. The first-order chi connectivity index (χ1) is 16.1. The molecule has 1 saturated heterocycles. The summed E-state index contributed by atoms with van der Waals surface area (Å²) in [5, 5.41) is 0. The van der Waals surface area contributed by atoms with E-state index >= 15 is 4.39 Å². The minimum absolute atomic E-state index is 0.164. The van der Waals surface area contributed by atoms with Gasteiger partial charge in [0.25, 0.3) is 0 Å². The summed E-state index contributed by atoms with van der Waals surface area (Å²) in [7, 11) is 1.34. The topological polar surface area (TPSA) is 88.1 Å². The van der Waals surface area contributed by atoms with Crippen LogP contribution < -0.4 is 0 Å². The molecule has 3 rings (SSSR count). The molecule has 190 valence electrons. The molecule has 0 aromatic carbocycles. The number of unbranched alkanes of at least 4 members (excludes halogenated alkanes) is 1. The van der Waals surface area contributed by atoms with Crippen LogP contribution in [0, 0.1) is 17.3 Å². The van der Waals surface area contributed by atoms with Gasteiger partial charge in [0.1, 0.15) is 24.1 Å². The van der Waals surface area contributed by atoms with E-state index in [2.05, 4.69) is 11.7 Å². The Hall–Kier alpha value is -2.38. The minimum atomic E-state index is -1.34. The Kier molecular flexibility index (Phi) is 8.77. The summed E-state index contributed by atoms with van der Waals surface area (Å²) in [6, 6.07) is 0. The number of esters is 3. The zero-order valence-corrected chi connectivity index (χ0v) is 20.6. The van der Waals surface area contributed by atoms with Crippen LogP contribution in [-0.2, 0) is 33.3 Å². The second-order valence-corrected chi connectivity index (χ2v) is 9.95. The number of halogens is 1. The molecule has 1 aliphatic heterocycles. The van der Waals surface area contributed by atoms with Crippen molar-refractivity contribution in [3.05, 3.63) is 24.0 Å². The summed E-state index contributed by atoms with van der Waals surface area (Å²) < 4.78 is 37.3. The molecular formula is C26H37FO7. The van der Waals surface area contributed by atoms with Crippen LogP contribution in [0.15, 0.2) is 24.0 Å². The van der Waals surface area contributed by atoms with Crippen molar-refractivity contribution in [2.24, 2.45) is 17.3 Å². The lowest BCUT2D eigenvalue weighted by Gasteiger charge is -2.32.